The molecular weight excluding hydrogens is 144 g/mol. The van der Waals surface area contributed by atoms with E-state index in [0.29, 0.717) is 5.57 Å². The first-order valence-corrected chi connectivity index (χ1v) is 3.26. The fourth-order valence-corrected chi connectivity index (χ4v) is 0.567. The number of thiol groups is 1. The van der Waals surface area contributed by atoms with Crippen LogP contribution in [0, 0.1) is 11.3 Å². The first kappa shape index (κ1) is 9.12. The van der Waals surface area contributed by atoms with Gasteiger partial charge in [-0.25, -0.2) is 0 Å². The molecule has 54 valence electrons. The third-order valence-electron chi connectivity index (χ3n) is 0.829. The monoisotopic (exact) mass is 154 g/mol. The van der Waals surface area contributed by atoms with Gasteiger partial charge in [-0.2, -0.15) is 5.26 Å². The molecule has 0 radical (unpaired) electrons. The number of allylic oxidation sites excluding steroid dienone is 3. The van der Waals surface area contributed by atoms with E-state index in [1.54, 1.807) is 6.08 Å². The Morgan fingerprint density at radius 3 is 2.20 bits per heavy atom. The third kappa shape index (κ3) is 3.21. The van der Waals surface area contributed by atoms with Gasteiger partial charge in [-0.1, -0.05) is 5.57 Å². The zero-order valence-corrected chi connectivity index (χ0v) is 6.94. The first-order valence-electron chi connectivity index (χ1n) is 2.81. The number of hydrogen-bond acceptors (Lipinski definition) is 3. The van der Waals surface area contributed by atoms with Gasteiger partial charge in [0.1, 0.15) is 6.07 Å². The molecule has 2 nitrogen and oxygen atoms in total. The highest BCUT2D eigenvalue weighted by Gasteiger charge is 1.92. The molecule has 0 heterocycles. The van der Waals surface area contributed by atoms with Crippen LogP contribution in [0.5, 0.6) is 0 Å². The van der Waals surface area contributed by atoms with Crippen molar-refractivity contribution in [2.75, 3.05) is 0 Å². The summed E-state index contributed by atoms with van der Waals surface area (Å²) in [5.41, 5.74) is 6.73. The Bertz CT molecular complexity index is 212. The molecule has 0 saturated heterocycles. The highest BCUT2D eigenvalue weighted by molar-refractivity contribution is 7.84. The van der Waals surface area contributed by atoms with Crippen molar-refractivity contribution in [3.8, 4) is 6.07 Å². The molecule has 0 aromatic rings. The van der Waals surface area contributed by atoms with Gasteiger partial charge in [0, 0.05) is 0 Å². The second-order valence-corrected chi connectivity index (χ2v) is 2.61. The zero-order chi connectivity index (χ0) is 8.15. The maximum atomic E-state index is 8.46. The molecule has 0 aromatic carbocycles. The van der Waals surface area contributed by atoms with Crippen molar-refractivity contribution in [3.63, 3.8) is 0 Å². The standard InChI is InChI=1S/C7H10N2S/c1-5(2)3-6(4-8)7(9)10/h3,10H,9H2,1-2H3/b7-6+. The summed E-state index contributed by atoms with van der Waals surface area (Å²) in [4.78, 5) is 0. The number of nitrogens with zero attached hydrogens (tertiary/aromatic N) is 1. The van der Waals surface area contributed by atoms with E-state index in [4.69, 9.17) is 11.0 Å². The predicted octanol–water partition coefficient (Wildman–Crippen LogP) is 1.58. The average Bonchev–Trinajstić information content (AvgIpc) is 1.81. The van der Waals surface area contributed by atoms with Crippen LogP contribution in [0.3, 0.4) is 0 Å². The topological polar surface area (TPSA) is 49.8 Å². The van der Waals surface area contributed by atoms with E-state index in [0.717, 1.165) is 5.57 Å². The van der Waals surface area contributed by atoms with Gasteiger partial charge in [0.25, 0.3) is 0 Å². The SMILES string of the molecule is CC(C)=C/C(C#N)=C(/N)S. The van der Waals surface area contributed by atoms with Crippen molar-refractivity contribution in [1.82, 2.24) is 0 Å². The van der Waals surface area contributed by atoms with Gasteiger partial charge in [0.15, 0.2) is 0 Å². The van der Waals surface area contributed by atoms with Gasteiger partial charge in [-0.3, -0.25) is 0 Å². The lowest BCUT2D eigenvalue weighted by Crippen LogP contribution is -1.92. The van der Waals surface area contributed by atoms with E-state index in [-0.39, 0.29) is 5.03 Å². The number of nitrogens with two attached hydrogens (primary N) is 1. The molecule has 0 unspecified atom stereocenters. The van der Waals surface area contributed by atoms with Crippen LogP contribution < -0.4 is 5.73 Å². The Morgan fingerprint density at radius 2 is 2.10 bits per heavy atom. The summed E-state index contributed by atoms with van der Waals surface area (Å²) in [6.07, 6.45) is 1.70. The molecule has 0 rings (SSSR count). The lowest BCUT2D eigenvalue weighted by Gasteiger charge is -1.92. The Morgan fingerprint density at radius 1 is 1.60 bits per heavy atom. The lowest BCUT2D eigenvalue weighted by molar-refractivity contribution is 1.35. The maximum Gasteiger partial charge on any atom is 0.102 e. The second-order valence-electron chi connectivity index (χ2n) is 2.13. The summed E-state index contributed by atoms with van der Waals surface area (Å²) in [7, 11) is 0. The minimum Gasteiger partial charge on any atom is -0.393 e. The van der Waals surface area contributed by atoms with Crippen LogP contribution in [0.15, 0.2) is 22.3 Å². The van der Waals surface area contributed by atoms with Crippen molar-refractivity contribution in [2.45, 2.75) is 13.8 Å². The van der Waals surface area contributed by atoms with Gasteiger partial charge in [0.2, 0.25) is 0 Å². The molecule has 0 amide bonds. The summed E-state index contributed by atoms with van der Waals surface area (Å²) in [5.74, 6) is 0. The van der Waals surface area contributed by atoms with E-state index in [1.165, 1.54) is 0 Å². The number of nitriles is 1. The van der Waals surface area contributed by atoms with E-state index in [2.05, 4.69) is 12.6 Å². The van der Waals surface area contributed by atoms with Crippen LogP contribution in [0.2, 0.25) is 0 Å². The van der Waals surface area contributed by atoms with Crippen molar-refractivity contribution in [3.05, 3.63) is 22.3 Å². The molecule has 0 atom stereocenters. The van der Waals surface area contributed by atoms with Crippen LogP contribution in [0.1, 0.15) is 13.8 Å². The van der Waals surface area contributed by atoms with Gasteiger partial charge in [0.05, 0.1) is 10.6 Å². The normalized spacial score (nSPS) is 11.4. The summed E-state index contributed by atoms with van der Waals surface area (Å²) in [5, 5.41) is 8.73. The Kier molecular flexibility index (Phi) is 3.67. The largest absolute Gasteiger partial charge is 0.393 e. The predicted molar refractivity (Wildman–Crippen MR) is 45.2 cm³/mol. The van der Waals surface area contributed by atoms with Gasteiger partial charge < -0.3 is 5.73 Å². The summed E-state index contributed by atoms with van der Waals surface area (Å²) in [6, 6.07) is 1.93. The molecule has 0 aromatic heterocycles. The van der Waals surface area contributed by atoms with Crippen molar-refractivity contribution >= 4 is 12.6 Å². The Balaban J connectivity index is 4.62. The van der Waals surface area contributed by atoms with Crippen LogP contribution in [-0.2, 0) is 0 Å². The van der Waals surface area contributed by atoms with Gasteiger partial charge >= 0.3 is 0 Å². The summed E-state index contributed by atoms with van der Waals surface area (Å²) in [6.45, 7) is 3.79. The van der Waals surface area contributed by atoms with Crippen LogP contribution in [0.25, 0.3) is 0 Å². The molecule has 0 saturated carbocycles. The average molecular weight is 154 g/mol. The van der Waals surface area contributed by atoms with Crippen LogP contribution in [-0.4, -0.2) is 0 Å². The molecule has 0 spiro atoms. The highest BCUT2D eigenvalue weighted by atomic mass is 32.1. The fourth-order valence-electron chi connectivity index (χ4n) is 0.452. The lowest BCUT2D eigenvalue weighted by atomic mass is 10.2. The number of hydrogen-bond donors (Lipinski definition) is 2. The summed E-state index contributed by atoms with van der Waals surface area (Å²) >= 11 is 3.84. The zero-order valence-electron chi connectivity index (χ0n) is 6.05. The van der Waals surface area contributed by atoms with Gasteiger partial charge in [-0.15, -0.1) is 12.6 Å². The van der Waals surface area contributed by atoms with Crippen LogP contribution in [0.4, 0.5) is 0 Å². The smallest absolute Gasteiger partial charge is 0.102 e. The van der Waals surface area contributed by atoms with Gasteiger partial charge in [-0.05, 0) is 19.9 Å². The minimum absolute atomic E-state index is 0.267. The maximum absolute atomic E-state index is 8.46. The third-order valence-corrected chi connectivity index (χ3v) is 1.07. The molecule has 0 fully saturated rings. The van der Waals surface area contributed by atoms with Crippen molar-refractivity contribution in [1.29, 1.82) is 5.26 Å². The number of rotatable bonds is 1. The molecular formula is C7H10N2S. The molecule has 0 bridgehead atoms. The van der Waals surface area contributed by atoms with E-state index >= 15 is 0 Å². The summed E-state index contributed by atoms with van der Waals surface area (Å²) < 4.78 is 0. The van der Waals surface area contributed by atoms with E-state index in [1.807, 2.05) is 19.9 Å². The van der Waals surface area contributed by atoms with E-state index < -0.39 is 0 Å². The Labute approximate surface area is 66.4 Å². The molecule has 0 aliphatic rings. The first-order chi connectivity index (χ1) is 4.57. The molecule has 0 aliphatic heterocycles. The minimum atomic E-state index is 0.267. The van der Waals surface area contributed by atoms with E-state index in [9.17, 15) is 0 Å². The van der Waals surface area contributed by atoms with Crippen LogP contribution >= 0.6 is 12.6 Å². The molecule has 0 aliphatic carbocycles. The quantitative estimate of drug-likeness (QED) is 0.342. The molecule has 10 heavy (non-hydrogen) atoms. The van der Waals surface area contributed by atoms with Crippen molar-refractivity contribution in [2.24, 2.45) is 5.73 Å². The Hall–Kier alpha value is -0.880. The fraction of sp³-hybridized carbons (Fsp3) is 0.286. The second kappa shape index (κ2) is 4.02. The van der Waals surface area contributed by atoms with Crippen molar-refractivity contribution < 1.29 is 0 Å². The molecule has 3 heteroatoms. The molecule has 2 N–H and O–H groups in total. The highest BCUT2D eigenvalue weighted by Crippen LogP contribution is 2.05.